The highest BCUT2D eigenvalue weighted by molar-refractivity contribution is 7.12. The van der Waals surface area contributed by atoms with E-state index in [1.807, 2.05) is 0 Å². The van der Waals surface area contributed by atoms with Crippen molar-refractivity contribution in [2.75, 3.05) is 12.0 Å². The highest BCUT2D eigenvalue weighted by Gasteiger charge is 2.38. The molecule has 3 aliphatic rings. The minimum atomic E-state index is -0.974. The van der Waals surface area contributed by atoms with Gasteiger partial charge in [-0.2, -0.15) is 0 Å². The standard InChI is InChI=1S/C29H47NO3S/c1-19-6-10-22(11-7-19)27(31)30(23-12-8-20(2)9-13-23)24-18-25(34-26(24)28(32)33-5)21-14-16-29(3,4)17-15-21/h18-23,28,32H,6-17H2,1-5H3. The zero-order valence-electron chi connectivity index (χ0n) is 22.1. The first kappa shape index (κ1) is 26.2. The Labute approximate surface area is 211 Å². The second-order valence-electron chi connectivity index (χ2n) is 12.5. The number of amides is 1. The molecule has 0 saturated heterocycles. The summed E-state index contributed by atoms with van der Waals surface area (Å²) < 4.78 is 5.43. The van der Waals surface area contributed by atoms with Crippen LogP contribution in [0.15, 0.2) is 6.07 Å². The molecule has 1 heterocycles. The number of carbonyl (C=O) groups is 1. The molecule has 192 valence electrons. The third-order valence-electron chi connectivity index (χ3n) is 9.16. The molecule has 3 fully saturated rings. The first-order valence-electron chi connectivity index (χ1n) is 13.9. The smallest absolute Gasteiger partial charge is 0.230 e. The van der Waals surface area contributed by atoms with Crippen molar-refractivity contribution in [3.8, 4) is 0 Å². The first-order chi connectivity index (χ1) is 16.2. The summed E-state index contributed by atoms with van der Waals surface area (Å²) in [4.78, 5) is 18.4. The van der Waals surface area contributed by atoms with Crippen LogP contribution in [0.25, 0.3) is 0 Å². The molecular weight excluding hydrogens is 442 g/mol. The number of methoxy groups -OCH3 is 1. The van der Waals surface area contributed by atoms with Crippen LogP contribution in [0.3, 0.4) is 0 Å². The second-order valence-corrected chi connectivity index (χ2v) is 13.6. The van der Waals surface area contributed by atoms with E-state index in [2.05, 4.69) is 38.7 Å². The highest BCUT2D eigenvalue weighted by atomic mass is 32.1. The Bertz CT molecular complexity index is 807. The Morgan fingerprint density at radius 3 is 2.12 bits per heavy atom. The number of thiophene rings is 1. The van der Waals surface area contributed by atoms with Crippen molar-refractivity contribution in [3.05, 3.63) is 15.8 Å². The van der Waals surface area contributed by atoms with Gasteiger partial charge in [-0.25, -0.2) is 0 Å². The number of aliphatic hydroxyl groups excluding tert-OH is 1. The number of hydrogen-bond acceptors (Lipinski definition) is 4. The lowest BCUT2D eigenvalue weighted by Crippen LogP contribution is -2.46. The third-order valence-corrected chi connectivity index (χ3v) is 10.5. The maximum Gasteiger partial charge on any atom is 0.230 e. The maximum atomic E-state index is 14.1. The molecule has 1 atom stereocenters. The molecule has 1 amide bonds. The van der Waals surface area contributed by atoms with E-state index in [9.17, 15) is 9.90 Å². The quantitative estimate of drug-likeness (QED) is 0.415. The van der Waals surface area contributed by atoms with Crippen LogP contribution in [0.5, 0.6) is 0 Å². The predicted molar refractivity (Wildman–Crippen MR) is 141 cm³/mol. The molecule has 0 spiro atoms. The molecule has 1 aromatic rings. The third kappa shape index (κ3) is 5.90. The average molecular weight is 490 g/mol. The van der Waals surface area contributed by atoms with E-state index in [-0.39, 0.29) is 12.0 Å². The molecule has 0 bridgehead atoms. The van der Waals surface area contributed by atoms with Gasteiger partial charge in [0.25, 0.3) is 0 Å². The molecule has 1 aromatic heterocycles. The van der Waals surface area contributed by atoms with Crippen LogP contribution in [0.2, 0.25) is 0 Å². The van der Waals surface area contributed by atoms with E-state index < -0.39 is 6.29 Å². The van der Waals surface area contributed by atoms with Crippen LogP contribution in [0.1, 0.15) is 127 Å². The van der Waals surface area contributed by atoms with Crippen LogP contribution in [0.4, 0.5) is 5.69 Å². The molecular formula is C29H47NO3S. The average Bonchev–Trinajstić information content (AvgIpc) is 3.25. The summed E-state index contributed by atoms with van der Waals surface area (Å²) in [6.07, 6.45) is 12.6. The Hall–Kier alpha value is -0.910. The van der Waals surface area contributed by atoms with Crippen molar-refractivity contribution >= 4 is 22.9 Å². The fraction of sp³-hybridized carbons (Fsp3) is 0.828. The summed E-state index contributed by atoms with van der Waals surface area (Å²) in [5.74, 6) is 2.39. The molecule has 0 aromatic carbocycles. The summed E-state index contributed by atoms with van der Waals surface area (Å²) in [6, 6.07) is 2.51. The highest BCUT2D eigenvalue weighted by Crippen LogP contribution is 2.48. The molecule has 3 saturated carbocycles. The zero-order valence-corrected chi connectivity index (χ0v) is 23.0. The Morgan fingerprint density at radius 1 is 1.00 bits per heavy atom. The summed E-state index contributed by atoms with van der Waals surface area (Å²) in [7, 11) is 1.56. The van der Waals surface area contributed by atoms with Crippen LogP contribution in [-0.4, -0.2) is 24.2 Å². The van der Waals surface area contributed by atoms with E-state index in [0.717, 1.165) is 60.9 Å². The lowest BCUT2D eigenvalue weighted by Gasteiger charge is -2.39. The van der Waals surface area contributed by atoms with E-state index in [1.54, 1.807) is 18.4 Å². The number of hydrogen-bond donors (Lipinski definition) is 1. The van der Waals surface area contributed by atoms with Crippen molar-refractivity contribution in [1.82, 2.24) is 0 Å². The van der Waals surface area contributed by atoms with Gasteiger partial charge >= 0.3 is 0 Å². The van der Waals surface area contributed by atoms with E-state index >= 15 is 0 Å². The van der Waals surface area contributed by atoms with Crippen LogP contribution >= 0.6 is 11.3 Å². The molecule has 0 radical (unpaired) electrons. The van der Waals surface area contributed by atoms with E-state index in [4.69, 9.17) is 4.74 Å². The Morgan fingerprint density at radius 2 is 1.56 bits per heavy atom. The summed E-state index contributed by atoms with van der Waals surface area (Å²) >= 11 is 1.69. The van der Waals surface area contributed by atoms with Gasteiger partial charge in [-0.05, 0) is 106 Å². The van der Waals surface area contributed by atoms with Gasteiger partial charge in [-0.15, -0.1) is 11.3 Å². The minimum absolute atomic E-state index is 0.113. The summed E-state index contributed by atoms with van der Waals surface area (Å²) in [6.45, 7) is 9.39. The Kier molecular flexibility index (Phi) is 8.47. The molecule has 1 N–H and O–H groups in total. The van der Waals surface area contributed by atoms with Crippen molar-refractivity contribution in [2.45, 2.75) is 123 Å². The van der Waals surface area contributed by atoms with Gasteiger partial charge in [0.15, 0.2) is 6.29 Å². The van der Waals surface area contributed by atoms with Crippen LogP contribution in [-0.2, 0) is 9.53 Å². The van der Waals surface area contributed by atoms with E-state index in [1.165, 1.54) is 43.4 Å². The maximum absolute atomic E-state index is 14.1. The van der Waals surface area contributed by atoms with Gasteiger partial charge in [0.05, 0.1) is 10.6 Å². The lowest BCUT2D eigenvalue weighted by atomic mass is 9.73. The van der Waals surface area contributed by atoms with Gasteiger partial charge in [0.1, 0.15) is 0 Å². The SMILES string of the molecule is COC(O)c1sc(C2CCC(C)(C)CC2)cc1N(C(=O)C1CCC(C)CC1)C1CCC(C)CC1. The topological polar surface area (TPSA) is 49.8 Å². The number of anilines is 1. The number of nitrogens with zero attached hydrogens (tertiary/aromatic N) is 1. The fourth-order valence-corrected chi connectivity index (χ4v) is 7.76. The number of aliphatic hydroxyl groups is 1. The molecule has 1 unspecified atom stereocenters. The number of carbonyl (C=O) groups excluding carboxylic acids is 1. The van der Waals surface area contributed by atoms with Gasteiger partial charge in [-0.1, -0.05) is 27.7 Å². The van der Waals surface area contributed by atoms with Gasteiger partial charge in [0, 0.05) is 23.9 Å². The number of ether oxygens (including phenoxy) is 1. The molecule has 4 rings (SSSR count). The van der Waals surface area contributed by atoms with Gasteiger partial charge in [-0.3, -0.25) is 4.79 Å². The van der Waals surface area contributed by atoms with Crippen molar-refractivity contribution in [1.29, 1.82) is 0 Å². The molecule has 5 heteroatoms. The molecule has 4 nitrogen and oxygen atoms in total. The first-order valence-corrected chi connectivity index (χ1v) is 14.7. The van der Waals surface area contributed by atoms with Crippen LogP contribution < -0.4 is 4.90 Å². The Balaban J connectivity index is 1.67. The van der Waals surface area contributed by atoms with Crippen molar-refractivity contribution in [2.24, 2.45) is 23.2 Å². The second kappa shape index (κ2) is 11.0. The predicted octanol–water partition coefficient (Wildman–Crippen LogP) is 7.81. The van der Waals surface area contributed by atoms with Crippen LogP contribution in [0, 0.1) is 23.2 Å². The normalized spacial score (nSPS) is 31.2. The minimum Gasteiger partial charge on any atom is -0.364 e. The van der Waals surface area contributed by atoms with Crippen molar-refractivity contribution in [3.63, 3.8) is 0 Å². The summed E-state index contributed by atoms with van der Waals surface area (Å²) in [5, 5.41) is 10.9. The summed E-state index contributed by atoms with van der Waals surface area (Å²) in [5.41, 5.74) is 1.37. The zero-order chi connectivity index (χ0) is 24.5. The van der Waals surface area contributed by atoms with E-state index in [0.29, 0.717) is 17.2 Å². The van der Waals surface area contributed by atoms with Gasteiger partial charge < -0.3 is 14.7 Å². The largest absolute Gasteiger partial charge is 0.364 e. The molecule has 34 heavy (non-hydrogen) atoms. The van der Waals surface area contributed by atoms with Gasteiger partial charge in [0.2, 0.25) is 5.91 Å². The molecule has 3 aliphatic carbocycles. The molecule has 0 aliphatic heterocycles. The van der Waals surface area contributed by atoms with Crippen molar-refractivity contribution < 1.29 is 14.6 Å². The number of rotatable bonds is 6. The lowest BCUT2D eigenvalue weighted by molar-refractivity contribution is -0.124. The monoisotopic (exact) mass is 489 g/mol. The fourth-order valence-electron chi connectivity index (χ4n) is 6.47.